The van der Waals surface area contributed by atoms with Crippen molar-refractivity contribution in [2.24, 2.45) is 0 Å². The number of thioether (sulfide) groups is 1. The van der Waals surface area contributed by atoms with Gasteiger partial charge in [-0.15, -0.1) is 0 Å². The molecule has 6 heteroatoms. The van der Waals surface area contributed by atoms with Crippen molar-refractivity contribution >= 4 is 34.2 Å². The number of rotatable bonds is 5. The molecular weight excluding hydrogens is 319 g/mol. The van der Waals surface area contributed by atoms with Crippen molar-refractivity contribution in [1.29, 1.82) is 0 Å². The third-order valence-corrected chi connectivity index (χ3v) is 5.19. The summed E-state index contributed by atoms with van der Waals surface area (Å²) < 4.78 is 14.0. The van der Waals surface area contributed by atoms with Crippen LogP contribution in [0.3, 0.4) is 0 Å². The monoisotopic (exact) mass is 340 g/mol. The first-order chi connectivity index (χ1) is 10.6. The van der Waals surface area contributed by atoms with Gasteiger partial charge in [0.2, 0.25) is 5.91 Å². The SMILES string of the molecule is CCN(Cc1cccc(F)c1)C(=O)CSC(=S)N1CCCC1. The average Bonchev–Trinajstić information content (AvgIpc) is 3.04. The van der Waals surface area contributed by atoms with Crippen molar-refractivity contribution < 1.29 is 9.18 Å². The topological polar surface area (TPSA) is 23.6 Å². The number of amides is 1. The van der Waals surface area contributed by atoms with Crippen LogP contribution in [0.15, 0.2) is 24.3 Å². The van der Waals surface area contributed by atoms with Gasteiger partial charge in [0.05, 0.1) is 5.75 Å². The molecule has 1 aromatic rings. The lowest BCUT2D eigenvalue weighted by Gasteiger charge is -2.22. The summed E-state index contributed by atoms with van der Waals surface area (Å²) in [7, 11) is 0. The number of carbonyl (C=O) groups excluding carboxylic acids is 1. The largest absolute Gasteiger partial charge is 0.358 e. The van der Waals surface area contributed by atoms with Crippen molar-refractivity contribution in [3.8, 4) is 0 Å². The van der Waals surface area contributed by atoms with Crippen LogP contribution < -0.4 is 0 Å². The summed E-state index contributed by atoms with van der Waals surface area (Å²) in [6, 6.07) is 6.38. The first-order valence-electron chi connectivity index (χ1n) is 7.54. The van der Waals surface area contributed by atoms with Crippen LogP contribution in [0.4, 0.5) is 4.39 Å². The summed E-state index contributed by atoms with van der Waals surface area (Å²) in [6.07, 6.45) is 2.35. The van der Waals surface area contributed by atoms with Gasteiger partial charge in [-0.25, -0.2) is 4.39 Å². The number of likely N-dealkylation sites (tertiary alicyclic amines) is 1. The van der Waals surface area contributed by atoms with Crippen molar-refractivity contribution in [2.75, 3.05) is 25.4 Å². The lowest BCUT2D eigenvalue weighted by atomic mass is 10.2. The van der Waals surface area contributed by atoms with E-state index >= 15 is 0 Å². The molecule has 0 aromatic heterocycles. The van der Waals surface area contributed by atoms with E-state index in [-0.39, 0.29) is 11.7 Å². The molecule has 3 nitrogen and oxygen atoms in total. The molecule has 1 heterocycles. The van der Waals surface area contributed by atoms with E-state index in [0.717, 1.165) is 23.0 Å². The highest BCUT2D eigenvalue weighted by Crippen LogP contribution is 2.17. The molecule has 1 saturated heterocycles. The average molecular weight is 340 g/mol. The molecule has 0 radical (unpaired) electrons. The first-order valence-corrected chi connectivity index (χ1v) is 8.93. The minimum atomic E-state index is -0.273. The molecule has 22 heavy (non-hydrogen) atoms. The fourth-order valence-corrected chi connectivity index (χ4v) is 3.59. The van der Waals surface area contributed by atoms with Crippen LogP contribution in [-0.4, -0.2) is 45.4 Å². The van der Waals surface area contributed by atoms with E-state index in [1.54, 1.807) is 11.0 Å². The molecule has 1 amide bonds. The van der Waals surface area contributed by atoms with Crippen molar-refractivity contribution in [3.63, 3.8) is 0 Å². The van der Waals surface area contributed by atoms with Crippen LogP contribution in [0.2, 0.25) is 0 Å². The summed E-state index contributed by atoms with van der Waals surface area (Å²) >= 11 is 6.80. The smallest absolute Gasteiger partial charge is 0.233 e. The molecule has 0 N–H and O–H groups in total. The van der Waals surface area contributed by atoms with Crippen LogP contribution >= 0.6 is 24.0 Å². The first kappa shape index (κ1) is 17.2. The second kappa shape index (κ2) is 8.48. The molecular formula is C16H21FN2OS2. The molecule has 0 unspecified atom stereocenters. The van der Waals surface area contributed by atoms with Gasteiger partial charge in [0, 0.05) is 26.2 Å². The van der Waals surface area contributed by atoms with Gasteiger partial charge in [0.1, 0.15) is 10.1 Å². The quantitative estimate of drug-likeness (QED) is 0.768. The second-order valence-corrected chi connectivity index (χ2v) is 6.90. The molecule has 1 fully saturated rings. The maximum atomic E-state index is 13.2. The standard InChI is InChI=1S/C16H21FN2OS2/c1-2-18(11-13-6-5-7-14(17)10-13)15(20)12-22-16(21)19-8-3-4-9-19/h5-7,10H,2-4,8-9,11-12H2,1H3. The van der Waals surface area contributed by atoms with Gasteiger partial charge in [-0.3, -0.25) is 4.79 Å². The lowest BCUT2D eigenvalue weighted by Crippen LogP contribution is -2.33. The van der Waals surface area contributed by atoms with Gasteiger partial charge >= 0.3 is 0 Å². The Kier molecular flexibility index (Phi) is 6.64. The second-order valence-electron chi connectivity index (χ2n) is 5.29. The summed E-state index contributed by atoms with van der Waals surface area (Å²) in [5.74, 6) is 0.113. The van der Waals surface area contributed by atoms with E-state index in [9.17, 15) is 9.18 Å². The van der Waals surface area contributed by atoms with Gasteiger partial charge in [-0.1, -0.05) is 36.1 Å². The van der Waals surface area contributed by atoms with Crippen molar-refractivity contribution in [1.82, 2.24) is 9.80 Å². The Balaban J connectivity index is 1.84. The number of halogens is 1. The van der Waals surface area contributed by atoms with E-state index in [4.69, 9.17) is 12.2 Å². The van der Waals surface area contributed by atoms with E-state index in [1.807, 2.05) is 13.0 Å². The Bertz CT molecular complexity index is 533. The Morgan fingerprint density at radius 2 is 2.14 bits per heavy atom. The fourth-order valence-electron chi connectivity index (χ4n) is 2.44. The van der Waals surface area contributed by atoms with Crippen LogP contribution in [0.25, 0.3) is 0 Å². The Hall–Kier alpha value is -1.14. The maximum Gasteiger partial charge on any atom is 0.233 e. The molecule has 0 saturated carbocycles. The van der Waals surface area contributed by atoms with E-state index in [0.29, 0.717) is 18.8 Å². The Morgan fingerprint density at radius 3 is 2.77 bits per heavy atom. The van der Waals surface area contributed by atoms with Gasteiger partial charge in [-0.2, -0.15) is 0 Å². The number of carbonyl (C=O) groups is 1. The predicted octanol–water partition coefficient (Wildman–Crippen LogP) is 3.29. The Morgan fingerprint density at radius 1 is 1.41 bits per heavy atom. The summed E-state index contributed by atoms with van der Waals surface area (Å²) in [5, 5.41) is 0. The predicted molar refractivity (Wildman–Crippen MR) is 93.4 cm³/mol. The number of benzene rings is 1. The third kappa shape index (κ3) is 4.95. The Labute approximate surface area is 140 Å². The van der Waals surface area contributed by atoms with E-state index in [1.165, 1.54) is 36.7 Å². The molecule has 0 atom stereocenters. The van der Waals surface area contributed by atoms with Gasteiger partial charge in [0.15, 0.2) is 0 Å². The normalized spacial score (nSPS) is 14.2. The minimum Gasteiger partial charge on any atom is -0.358 e. The molecule has 1 aliphatic rings. The highest BCUT2D eigenvalue weighted by atomic mass is 32.2. The maximum absolute atomic E-state index is 13.2. The number of hydrogen-bond donors (Lipinski definition) is 0. The van der Waals surface area contributed by atoms with E-state index < -0.39 is 0 Å². The van der Waals surface area contributed by atoms with Crippen molar-refractivity contribution in [2.45, 2.75) is 26.3 Å². The molecule has 2 rings (SSSR count). The third-order valence-electron chi connectivity index (χ3n) is 3.68. The zero-order valence-corrected chi connectivity index (χ0v) is 14.4. The summed E-state index contributed by atoms with van der Waals surface area (Å²) in [6.45, 7) is 4.97. The van der Waals surface area contributed by atoms with Crippen molar-refractivity contribution in [3.05, 3.63) is 35.6 Å². The van der Waals surface area contributed by atoms with Crippen LogP contribution in [0.5, 0.6) is 0 Å². The van der Waals surface area contributed by atoms with Crippen LogP contribution in [0, 0.1) is 5.82 Å². The minimum absolute atomic E-state index is 0.0401. The van der Waals surface area contributed by atoms with Gasteiger partial charge < -0.3 is 9.80 Å². The number of nitrogens with zero attached hydrogens (tertiary/aromatic N) is 2. The lowest BCUT2D eigenvalue weighted by molar-refractivity contribution is -0.128. The summed E-state index contributed by atoms with van der Waals surface area (Å²) in [5.41, 5.74) is 0.808. The van der Waals surface area contributed by atoms with E-state index in [2.05, 4.69) is 4.90 Å². The highest BCUT2D eigenvalue weighted by Gasteiger charge is 2.18. The molecule has 0 bridgehead atoms. The molecule has 1 aliphatic heterocycles. The summed E-state index contributed by atoms with van der Waals surface area (Å²) in [4.78, 5) is 16.2. The fraction of sp³-hybridized carbons (Fsp3) is 0.500. The van der Waals surface area contributed by atoms with Crippen LogP contribution in [0.1, 0.15) is 25.3 Å². The highest BCUT2D eigenvalue weighted by molar-refractivity contribution is 8.23. The zero-order valence-electron chi connectivity index (χ0n) is 12.8. The molecule has 120 valence electrons. The zero-order chi connectivity index (χ0) is 15.9. The molecule has 1 aromatic carbocycles. The molecule has 0 spiro atoms. The number of thiocarbonyl (C=S) groups is 1. The van der Waals surface area contributed by atoms with Gasteiger partial charge in [-0.05, 0) is 37.5 Å². The van der Waals surface area contributed by atoms with Crippen LogP contribution in [-0.2, 0) is 11.3 Å². The molecule has 0 aliphatic carbocycles. The van der Waals surface area contributed by atoms with Gasteiger partial charge in [0.25, 0.3) is 0 Å². The number of hydrogen-bond acceptors (Lipinski definition) is 3.